The van der Waals surface area contributed by atoms with E-state index in [9.17, 15) is 14.9 Å². The number of carbonyl (C=O) groups is 1. The van der Waals surface area contributed by atoms with Gasteiger partial charge in [-0.1, -0.05) is 19.9 Å². The van der Waals surface area contributed by atoms with Gasteiger partial charge in [-0.3, -0.25) is 9.59 Å². The van der Waals surface area contributed by atoms with Crippen LogP contribution >= 0.6 is 0 Å². The maximum absolute atomic E-state index is 12.7. The fourth-order valence-electron chi connectivity index (χ4n) is 3.25. The van der Waals surface area contributed by atoms with Gasteiger partial charge < -0.3 is 14.8 Å². The molecule has 0 unspecified atom stereocenters. The first kappa shape index (κ1) is 20.4. The van der Waals surface area contributed by atoms with Crippen LogP contribution in [0.25, 0.3) is 0 Å². The van der Waals surface area contributed by atoms with Gasteiger partial charge in [0.05, 0.1) is 11.7 Å². The van der Waals surface area contributed by atoms with Crippen LogP contribution in [0.4, 0.5) is 0 Å². The second-order valence-corrected chi connectivity index (χ2v) is 7.35. The molecule has 0 fully saturated rings. The lowest BCUT2D eigenvalue weighted by Gasteiger charge is -2.25. The molecule has 1 atom stereocenters. The molecule has 29 heavy (non-hydrogen) atoms. The van der Waals surface area contributed by atoms with Crippen molar-refractivity contribution in [3.8, 4) is 17.6 Å². The summed E-state index contributed by atoms with van der Waals surface area (Å²) in [7, 11) is 0. The highest BCUT2D eigenvalue weighted by Gasteiger charge is 2.22. The first-order chi connectivity index (χ1) is 13.8. The minimum absolute atomic E-state index is 0.0116. The molecule has 0 bridgehead atoms. The number of fused-ring (bicyclic) bond motifs is 1. The highest BCUT2D eigenvalue weighted by Crippen LogP contribution is 2.34. The molecule has 8 heteroatoms. The predicted octanol–water partition coefficient (Wildman–Crippen LogP) is 2.02. The summed E-state index contributed by atoms with van der Waals surface area (Å²) in [6.45, 7) is 8.10. The number of hydrogen-bond donors (Lipinski definition) is 1. The van der Waals surface area contributed by atoms with Crippen molar-refractivity contribution < 1.29 is 14.3 Å². The Kier molecular flexibility index (Phi) is 5.87. The Labute approximate surface area is 169 Å². The largest absolute Gasteiger partial charge is 0.486 e. The Hall–Kier alpha value is -3.34. The summed E-state index contributed by atoms with van der Waals surface area (Å²) in [4.78, 5) is 25.1. The zero-order valence-corrected chi connectivity index (χ0v) is 17.0. The van der Waals surface area contributed by atoms with Crippen molar-refractivity contribution in [2.24, 2.45) is 5.92 Å². The van der Waals surface area contributed by atoms with Gasteiger partial charge in [0.1, 0.15) is 31.4 Å². The number of nitrogens with one attached hydrogen (secondary N) is 1. The average molecular weight is 396 g/mol. The number of nitriles is 1. The summed E-state index contributed by atoms with van der Waals surface area (Å²) in [5, 5.41) is 16.4. The Bertz CT molecular complexity index is 1040. The number of aryl methyl sites for hydroxylation is 1. The number of amides is 1. The normalized spacial score (nSPS) is 13.7. The molecule has 0 aliphatic carbocycles. The summed E-state index contributed by atoms with van der Waals surface area (Å²) >= 11 is 0. The van der Waals surface area contributed by atoms with Crippen LogP contribution in [0.5, 0.6) is 11.5 Å². The molecule has 2 heterocycles. The molecule has 2 aromatic rings. The van der Waals surface area contributed by atoms with E-state index in [0.29, 0.717) is 36.0 Å². The van der Waals surface area contributed by atoms with Crippen LogP contribution in [0, 0.1) is 31.1 Å². The molecule has 1 aliphatic rings. The molecule has 1 aromatic carbocycles. The second kappa shape index (κ2) is 8.35. The van der Waals surface area contributed by atoms with E-state index in [2.05, 4.69) is 10.4 Å². The zero-order valence-electron chi connectivity index (χ0n) is 17.0. The van der Waals surface area contributed by atoms with Crippen molar-refractivity contribution in [3.63, 3.8) is 0 Å². The van der Waals surface area contributed by atoms with Gasteiger partial charge >= 0.3 is 0 Å². The Morgan fingerprint density at radius 3 is 2.62 bits per heavy atom. The first-order valence-corrected chi connectivity index (χ1v) is 9.49. The van der Waals surface area contributed by atoms with Crippen LogP contribution in [0.15, 0.2) is 23.0 Å². The van der Waals surface area contributed by atoms with Gasteiger partial charge in [-0.15, -0.1) is 0 Å². The van der Waals surface area contributed by atoms with Crippen molar-refractivity contribution in [1.82, 2.24) is 15.1 Å². The quantitative estimate of drug-likeness (QED) is 0.829. The van der Waals surface area contributed by atoms with Gasteiger partial charge in [-0.05, 0) is 43.0 Å². The lowest BCUT2D eigenvalue weighted by atomic mass is 9.95. The third kappa shape index (κ3) is 4.24. The SMILES string of the molecule is Cc1nn(CC(=O)N[C@@H](c2ccc3c(c2)OCCO3)C(C)C)c(=O)c(C#N)c1C. The number of ether oxygens (including phenoxy) is 2. The van der Waals surface area contributed by atoms with Gasteiger partial charge in [0.25, 0.3) is 5.56 Å². The molecular formula is C21H24N4O4. The van der Waals surface area contributed by atoms with Crippen molar-refractivity contribution in [1.29, 1.82) is 5.26 Å². The van der Waals surface area contributed by atoms with Gasteiger partial charge in [0, 0.05) is 0 Å². The van der Waals surface area contributed by atoms with Crippen LogP contribution in [0.2, 0.25) is 0 Å². The molecule has 1 aromatic heterocycles. The standard InChI is InChI=1S/C21H24N4O4/c1-12(2)20(15-5-6-17-18(9-15)29-8-7-28-17)23-19(26)11-25-21(27)16(10-22)13(3)14(4)24-25/h5-6,9,12,20H,7-8,11H2,1-4H3,(H,23,26)/t20-/m1/s1. The van der Waals surface area contributed by atoms with E-state index >= 15 is 0 Å². The van der Waals surface area contributed by atoms with E-state index in [1.54, 1.807) is 13.8 Å². The van der Waals surface area contributed by atoms with E-state index in [0.717, 1.165) is 10.2 Å². The minimum Gasteiger partial charge on any atom is -0.486 e. The van der Waals surface area contributed by atoms with Crippen LogP contribution in [0.3, 0.4) is 0 Å². The van der Waals surface area contributed by atoms with E-state index < -0.39 is 5.56 Å². The molecule has 0 saturated heterocycles. The summed E-state index contributed by atoms with van der Waals surface area (Å²) < 4.78 is 12.2. The number of aromatic nitrogens is 2. The van der Waals surface area contributed by atoms with Gasteiger partial charge in [-0.25, -0.2) is 4.68 Å². The van der Waals surface area contributed by atoms with Crippen LogP contribution < -0.4 is 20.3 Å². The van der Waals surface area contributed by atoms with Gasteiger partial charge in [0.15, 0.2) is 11.5 Å². The van der Waals surface area contributed by atoms with Gasteiger partial charge in [-0.2, -0.15) is 10.4 Å². The van der Waals surface area contributed by atoms with Crippen LogP contribution in [-0.4, -0.2) is 28.9 Å². The lowest BCUT2D eigenvalue weighted by Crippen LogP contribution is -2.38. The van der Waals surface area contributed by atoms with E-state index in [4.69, 9.17) is 9.47 Å². The number of carbonyl (C=O) groups excluding carboxylic acids is 1. The molecule has 0 radical (unpaired) electrons. The van der Waals surface area contributed by atoms with Crippen molar-refractivity contribution in [2.75, 3.05) is 13.2 Å². The van der Waals surface area contributed by atoms with E-state index in [-0.39, 0.29) is 30.0 Å². The van der Waals surface area contributed by atoms with Crippen molar-refractivity contribution >= 4 is 5.91 Å². The maximum atomic E-state index is 12.7. The molecule has 152 valence electrons. The topological polar surface area (TPSA) is 106 Å². The fraction of sp³-hybridized carbons (Fsp3) is 0.429. The molecule has 0 spiro atoms. The third-order valence-corrected chi connectivity index (χ3v) is 4.95. The summed E-state index contributed by atoms with van der Waals surface area (Å²) in [6.07, 6.45) is 0. The van der Waals surface area contributed by atoms with Crippen molar-refractivity contribution in [2.45, 2.75) is 40.3 Å². The molecular weight excluding hydrogens is 372 g/mol. The zero-order chi connectivity index (χ0) is 21.1. The number of rotatable bonds is 5. The highest BCUT2D eigenvalue weighted by molar-refractivity contribution is 5.76. The predicted molar refractivity (Wildman–Crippen MR) is 106 cm³/mol. The molecule has 3 rings (SSSR count). The molecule has 1 aliphatic heterocycles. The Morgan fingerprint density at radius 2 is 1.97 bits per heavy atom. The van der Waals surface area contributed by atoms with Crippen molar-refractivity contribution in [3.05, 3.63) is 50.9 Å². The average Bonchev–Trinajstić information content (AvgIpc) is 2.70. The Morgan fingerprint density at radius 1 is 1.28 bits per heavy atom. The minimum atomic E-state index is -0.564. The fourth-order valence-corrected chi connectivity index (χ4v) is 3.25. The second-order valence-electron chi connectivity index (χ2n) is 7.35. The van der Waals surface area contributed by atoms with Crippen LogP contribution in [0.1, 0.15) is 42.3 Å². The third-order valence-electron chi connectivity index (χ3n) is 4.95. The smallest absolute Gasteiger partial charge is 0.285 e. The molecule has 8 nitrogen and oxygen atoms in total. The Balaban J connectivity index is 1.82. The molecule has 0 saturated carbocycles. The maximum Gasteiger partial charge on any atom is 0.285 e. The first-order valence-electron chi connectivity index (χ1n) is 9.49. The summed E-state index contributed by atoms with van der Waals surface area (Å²) in [5.41, 5.74) is 1.41. The molecule has 1 amide bonds. The summed E-state index contributed by atoms with van der Waals surface area (Å²) in [5.74, 6) is 1.07. The summed E-state index contributed by atoms with van der Waals surface area (Å²) in [6, 6.07) is 7.22. The number of benzene rings is 1. The number of nitrogens with zero attached hydrogens (tertiary/aromatic N) is 3. The number of hydrogen-bond acceptors (Lipinski definition) is 6. The van der Waals surface area contributed by atoms with Crippen LogP contribution in [-0.2, 0) is 11.3 Å². The van der Waals surface area contributed by atoms with Gasteiger partial charge in [0.2, 0.25) is 5.91 Å². The van der Waals surface area contributed by atoms with E-state index in [1.165, 1.54) is 0 Å². The highest BCUT2D eigenvalue weighted by atomic mass is 16.6. The molecule has 1 N–H and O–H groups in total. The monoisotopic (exact) mass is 396 g/mol. The van der Waals surface area contributed by atoms with E-state index in [1.807, 2.05) is 38.1 Å². The lowest BCUT2D eigenvalue weighted by molar-refractivity contribution is -0.123.